The molecule has 0 radical (unpaired) electrons. The number of nitrogens with zero attached hydrogens (tertiary/aromatic N) is 1. The Kier molecular flexibility index (Phi) is 4.58. The molecule has 0 amide bonds. The zero-order valence-corrected chi connectivity index (χ0v) is 11.7. The number of benzene rings is 1. The van der Waals surface area contributed by atoms with Crippen molar-refractivity contribution in [2.45, 2.75) is 38.9 Å². The Balaban J connectivity index is 2.20. The summed E-state index contributed by atoms with van der Waals surface area (Å²) in [6.45, 7) is 4.12. The number of hydrogen-bond acceptors (Lipinski definition) is 2. The van der Waals surface area contributed by atoms with E-state index < -0.39 is 11.7 Å². The molecule has 0 aliphatic carbocycles. The van der Waals surface area contributed by atoms with Gasteiger partial charge in [-0.1, -0.05) is 13.3 Å². The van der Waals surface area contributed by atoms with E-state index in [0.29, 0.717) is 11.5 Å². The van der Waals surface area contributed by atoms with E-state index in [2.05, 4.69) is 11.8 Å². The van der Waals surface area contributed by atoms with Crippen LogP contribution in [0.1, 0.15) is 37.3 Å². The van der Waals surface area contributed by atoms with Gasteiger partial charge in [-0.05, 0) is 42.5 Å². The van der Waals surface area contributed by atoms with E-state index in [1.165, 1.54) is 12.5 Å². The van der Waals surface area contributed by atoms with Crippen LogP contribution in [-0.4, -0.2) is 13.1 Å². The Morgan fingerprint density at radius 1 is 1.35 bits per heavy atom. The van der Waals surface area contributed by atoms with Crippen LogP contribution in [0.3, 0.4) is 0 Å². The topological polar surface area (TPSA) is 29.3 Å². The lowest BCUT2D eigenvalue weighted by Gasteiger charge is -2.23. The molecule has 1 aromatic rings. The molecule has 1 atom stereocenters. The second-order valence-electron chi connectivity index (χ2n) is 5.43. The average molecular weight is 286 g/mol. The largest absolute Gasteiger partial charge is 0.416 e. The highest BCUT2D eigenvalue weighted by atomic mass is 19.4. The zero-order chi connectivity index (χ0) is 14.8. The van der Waals surface area contributed by atoms with Crippen LogP contribution in [0, 0.1) is 5.92 Å². The summed E-state index contributed by atoms with van der Waals surface area (Å²) in [4.78, 5) is 2.17. The van der Waals surface area contributed by atoms with Crippen LogP contribution in [0.25, 0.3) is 0 Å². The lowest BCUT2D eigenvalue weighted by Crippen LogP contribution is -2.22. The highest BCUT2D eigenvalue weighted by Gasteiger charge is 2.32. The number of hydrogen-bond donors (Lipinski definition) is 1. The molecule has 1 fully saturated rings. The third-order valence-corrected chi connectivity index (χ3v) is 3.95. The smallest absolute Gasteiger partial charge is 0.371 e. The molecule has 1 heterocycles. The molecule has 2 rings (SSSR count). The first kappa shape index (κ1) is 15.2. The van der Waals surface area contributed by atoms with Crippen LogP contribution >= 0.6 is 0 Å². The minimum absolute atomic E-state index is 0.133. The first-order valence-corrected chi connectivity index (χ1v) is 7.10. The Labute approximate surface area is 117 Å². The second-order valence-corrected chi connectivity index (χ2v) is 5.43. The van der Waals surface area contributed by atoms with Crippen LogP contribution in [0.15, 0.2) is 18.2 Å². The minimum atomic E-state index is -4.31. The van der Waals surface area contributed by atoms with Gasteiger partial charge in [-0.15, -0.1) is 0 Å². The van der Waals surface area contributed by atoms with Crippen molar-refractivity contribution in [1.82, 2.24) is 0 Å². The van der Waals surface area contributed by atoms with Gasteiger partial charge in [0.1, 0.15) is 0 Å². The molecular formula is C15H21F3N2. The van der Waals surface area contributed by atoms with Gasteiger partial charge >= 0.3 is 6.18 Å². The molecule has 1 unspecified atom stereocenters. The minimum Gasteiger partial charge on any atom is -0.371 e. The van der Waals surface area contributed by atoms with Gasteiger partial charge in [0.2, 0.25) is 0 Å². The number of anilines is 1. The van der Waals surface area contributed by atoms with Gasteiger partial charge in [0, 0.05) is 25.3 Å². The van der Waals surface area contributed by atoms with Crippen molar-refractivity contribution >= 4 is 5.69 Å². The summed E-state index contributed by atoms with van der Waals surface area (Å²) < 4.78 is 38.2. The fraction of sp³-hybridized carbons (Fsp3) is 0.600. The van der Waals surface area contributed by atoms with E-state index in [4.69, 9.17) is 5.73 Å². The molecule has 20 heavy (non-hydrogen) atoms. The summed E-state index contributed by atoms with van der Waals surface area (Å²) in [6, 6.07) is 3.91. The van der Waals surface area contributed by atoms with Crippen molar-refractivity contribution in [2.24, 2.45) is 11.7 Å². The van der Waals surface area contributed by atoms with Gasteiger partial charge in [0.05, 0.1) is 5.56 Å². The summed E-state index contributed by atoms with van der Waals surface area (Å²) in [5.41, 5.74) is 6.45. The summed E-state index contributed by atoms with van der Waals surface area (Å²) in [5, 5.41) is 0. The molecule has 0 saturated carbocycles. The molecule has 5 heteroatoms. The Morgan fingerprint density at radius 3 is 2.70 bits per heavy atom. The molecule has 1 aliphatic heterocycles. The highest BCUT2D eigenvalue weighted by Crippen LogP contribution is 2.34. The van der Waals surface area contributed by atoms with E-state index >= 15 is 0 Å². The molecule has 2 nitrogen and oxygen atoms in total. The normalized spacial score (nSPS) is 19.6. The van der Waals surface area contributed by atoms with Crippen molar-refractivity contribution < 1.29 is 13.2 Å². The summed E-state index contributed by atoms with van der Waals surface area (Å²) in [5.74, 6) is 0.646. The molecular weight excluding hydrogens is 265 g/mol. The molecule has 112 valence electrons. The average Bonchev–Trinajstić information content (AvgIpc) is 2.86. The maximum Gasteiger partial charge on any atom is 0.416 e. The molecule has 1 aliphatic rings. The van der Waals surface area contributed by atoms with E-state index in [1.54, 1.807) is 6.07 Å². The second kappa shape index (κ2) is 6.04. The summed E-state index contributed by atoms with van der Waals surface area (Å²) >= 11 is 0. The van der Waals surface area contributed by atoms with E-state index in [1.807, 2.05) is 0 Å². The van der Waals surface area contributed by atoms with Crippen molar-refractivity contribution in [3.63, 3.8) is 0 Å². The van der Waals surface area contributed by atoms with Crippen LogP contribution in [0.5, 0.6) is 0 Å². The van der Waals surface area contributed by atoms with Gasteiger partial charge in [0.25, 0.3) is 0 Å². The summed E-state index contributed by atoms with van der Waals surface area (Å²) in [7, 11) is 0. The zero-order valence-electron chi connectivity index (χ0n) is 11.7. The lowest BCUT2D eigenvalue weighted by molar-refractivity contribution is -0.137. The Bertz CT molecular complexity index is 457. The quantitative estimate of drug-likeness (QED) is 0.912. The van der Waals surface area contributed by atoms with Crippen molar-refractivity contribution in [3.8, 4) is 0 Å². The van der Waals surface area contributed by atoms with Gasteiger partial charge in [0.15, 0.2) is 0 Å². The van der Waals surface area contributed by atoms with Crippen molar-refractivity contribution in [3.05, 3.63) is 29.3 Å². The maximum atomic E-state index is 12.7. The first-order valence-electron chi connectivity index (χ1n) is 7.10. The molecule has 1 aromatic carbocycles. The maximum absolute atomic E-state index is 12.7. The molecule has 0 spiro atoms. The van der Waals surface area contributed by atoms with Gasteiger partial charge in [-0.2, -0.15) is 13.2 Å². The highest BCUT2D eigenvalue weighted by molar-refractivity contribution is 5.56. The predicted octanol–water partition coefficient (Wildman–Crippen LogP) is 3.79. The van der Waals surface area contributed by atoms with Gasteiger partial charge in [-0.25, -0.2) is 0 Å². The van der Waals surface area contributed by atoms with Crippen molar-refractivity contribution in [2.75, 3.05) is 18.0 Å². The van der Waals surface area contributed by atoms with Crippen LogP contribution in [0.4, 0.5) is 18.9 Å². The van der Waals surface area contributed by atoms with Gasteiger partial charge in [-0.3, -0.25) is 0 Å². The number of rotatable bonds is 4. The Morgan fingerprint density at radius 2 is 2.10 bits per heavy atom. The number of nitrogens with two attached hydrogens (primary N) is 1. The first-order chi connectivity index (χ1) is 9.45. The molecule has 1 saturated heterocycles. The van der Waals surface area contributed by atoms with Gasteiger partial charge < -0.3 is 10.6 Å². The predicted molar refractivity (Wildman–Crippen MR) is 74.6 cm³/mol. The Hall–Kier alpha value is -1.23. The number of halogens is 3. The molecule has 2 N–H and O–H groups in total. The molecule has 0 aromatic heterocycles. The number of alkyl halides is 3. The van der Waals surface area contributed by atoms with Crippen LogP contribution < -0.4 is 10.6 Å². The third kappa shape index (κ3) is 3.26. The van der Waals surface area contributed by atoms with E-state index in [-0.39, 0.29) is 6.54 Å². The lowest BCUT2D eigenvalue weighted by atomic mass is 10.0. The van der Waals surface area contributed by atoms with Crippen LogP contribution in [-0.2, 0) is 12.7 Å². The molecule has 0 bridgehead atoms. The third-order valence-electron chi connectivity index (χ3n) is 3.95. The van der Waals surface area contributed by atoms with E-state index in [9.17, 15) is 13.2 Å². The van der Waals surface area contributed by atoms with Crippen LogP contribution in [0.2, 0.25) is 0 Å². The fourth-order valence-corrected chi connectivity index (χ4v) is 2.93. The fourth-order valence-electron chi connectivity index (χ4n) is 2.93. The van der Waals surface area contributed by atoms with Crippen molar-refractivity contribution in [1.29, 1.82) is 0 Å². The standard InChI is InChI=1S/C15H21F3N2/c1-2-3-11-6-7-20(10-11)14-5-4-13(15(16,17)18)8-12(14)9-19/h4-5,8,11H,2-3,6-7,9-10,19H2,1H3. The van der Waals surface area contributed by atoms with E-state index in [0.717, 1.165) is 37.7 Å². The monoisotopic (exact) mass is 286 g/mol. The summed E-state index contributed by atoms with van der Waals surface area (Å²) in [6.07, 6.45) is -0.874. The SMILES string of the molecule is CCCC1CCN(c2ccc(C(F)(F)F)cc2CN)C1.